The van der Waals surface area contributed by atoms with Gasteiger partial charge in [0.15, 0.2) is 0 Å². The van der Waals surface area contributed by atoms with E-state index in [1.165, 1.54) is 12.1 Å². The lowest BCUT2D eigenvalue weighted by atomic mass is 9.98. The van der Waals surface area contributed by atoms with Gasteiger partial charge in [0, 0.05) is 31.9 Å². The van der Waals surface area contributed by atoms with Gasteiger partial charge in [-0.3, -0.25) is 9.69 Å². The molecule has 0 bridgehead atoms. The Labute approximate surface area is 142 Å². The number of benzene rings is 1. The monoisotopic (exact) mass is 330 g/mol. The Morgan fingerprint density at radius 3 is 2.46 bits per heavy atom. The van der Waals surface area contributed by atoms with Crippen molar-refractivity contribution in [3.63, 3.8) is 0 Å². The van der Waals surface area contributed by atoms with Crippen LogP contribution in [0.1, 0.15) is 19.8 Å². The number of carbonyl (C=O) groups excluding carboxylic acids is 1. The smallest absolute Gasteiger partial charge is 0.235 e. The number of carbonyl (C=O) groups is 1. The minimum Gasteiger partial charge on any atom is -0.369 e. The maximum atomic E-state index is 13.0. The largest absolute Gasteiger partial charge is 0.369 e. The molecular weight excluding hydrogens is 307 g/mol. The molecule has 1 saturated carbocycles. The Bertz CT molecular complexity index is 629. The number of anilines is 1. The molecule has 0 aromatic heterocycles. The molecule has 1 aliphatic heterocycles. The molecule has 1 heterocycles. The van der Waals surface area contributed by atoms with E-state index < -0.39 is 5.54 Å². The number of piperazine rings is 1. The predicted molar refractivity (Wildman–Crippen MR) is 89.9 cm³/mol. The lowest BCUT2D eigenvalue weighted by Crippen LogP contribution is -2.53. The van der Waals surface area contributed by atoms with E-state index in [1.54, 1.807) is 12.1 Å². The highest BCUT2D eigenvalue weighted by atomic mass is 19.1. The Kier molecular flexibility index (Phi) is 4.72. The van der Waals surface area contributed by atoms with E-state index in [9.17, 15) is 14.4 Å². The Morgan fingerprint density at radius 1 is 1.29 bits per heavy atom. The predicted octanol–water partition coefficient (Wildman–Crippen LogP) is 1.76. The van der Waals surface area contributed by atoms with Crippen LogP contribution < -0.4 is 10.2 Å². The van der Waals surface area contributed by atoms with E-state index in [-0.39, 0.29) is 11.7 Å². The molecule has 0 spiro atoms. The Hall–Kier alpha value is -2.13. The van der Waals surface area contributed by atoms with E-state index >= 15 is 0 Å². The van der Waals surface area contributed by atoms with Gasteiger partial charge in [0.1, 0.15) is 11.4 Å². The van der Waals surface area contributed by atoms with Crippen LogP contribution >= 0.6 is 0 Å². The second-order valence-corrected chi connectivity index (χ2v) is 6.88. The zero-order chi connectivity index (χ0) is 17.2. The van der Waals surface area contributed by atoms with Gasteiger partial charge in [0.05, 0.1) is 12.6 Å². The van der Waals surface area contributed by atoms with Crippen molar-refractivity contribution in [2.24, 2.45) is 5.92 Å². The second kappa shape index (κ2) is 6.78. The number of hydrogen-bond donors (Lipinski definition) is 1. The zero-order valence-electron chi connectivity index (χ0n) is 14.0. The molecule has 1 N–H and O–H groups in total. The second-order valence-electron chi connectivity index (χ2n) is 6.88. The molecule has 3 rings (SSSR count). The standard InChI is InChI=1S/C18H23FN4O/c1-18(13-20,14-2-3-14)21-17(24)12-22-8-10-23(11-9-22)16-6-4-15(19)5-7-16/h4-7,14H,2-3,8-12H2,1H3,(H,21,24). The number of nitrogens with one attached hydrogen (secondary N) is 1. The van der Waals surface area contributed by atoms with Gasteiger partial charge in [0.2, 0.25) is 5.91 Å². The molecule has 1 saturated heterocycles. The van der Waals surface area contributed by atoms with Crippen LogP contribution in [0.3, 0.4) is 0 Å². The molecule has 2 aliphatic rings. The molecule has 1 aromatic rings. The van der Waals surface area contributed by atoms with Crippen LogP contribution in [0.25, 0.3) is 0 Å². The average Bonchev–Trinajstić information content (AvgIpc) is 3.41. The molecule has 24 heavy (non-hydrogen) atoms. The summed E-state index contributed by atoms with van der Waals surface area (Å²) < 4.78 is 13.0. The summed E-state index contributed by atoms with van der Waals surface area (Å²) in [5, 5.41) is 12.2. The highest BCUT2D eigenvalue weighted by Gasteiger charge is 2.43. The molecule has 1 atom stereocenters. The number of hydrogen-bond acceptors (Lipinski definition) is 4. The third-order valence-electron chi connectivity index (χ3n) is 4.96. The number of nitriles is 1. The summed E-state index contributed by atoms with van der Waals surface area (Å²) in [5.41, 5.74) is 0.277. The van der Waals surface area contributed by atoms with Crippen LogP contribution in [0.5, 0.6) is 0 Å². The van der Waals surface area contributed by atoms with E-state index in [0.29, 0.717) is 12.5 Å². The quantitative estimate of drug-likeness (QED) is 0.894. The highest BCUT2D eigenvalue weighted by Crippen LogP contribution is 2.39. The molecule has 128 valence electrons. The average molecular weight is 330 g/mol. The molecule has 5 nitrogen and oxygen atoms in total. The molecule has 1 amide bonds. The van der Waals surface area contributed by atoms with Crippen LogP contribution in [-0.2, 0) is 4.79 Å². The summed E-state index contributed by atoms with van der Waals surface area (Å²) in [5.74, 6) is -0.0202. The van der Waals surface area contributed by atoms with Crippen LogP contribution in [0.2, 0.25) is 0 Å². The van der Waals surface area contributed by atoms with Crippen LogP contribution in [0.15, 0.2) is 24.3 Å². The summed E-state index contributed by atoms with van der Waals surface area (Å²) in [6, 6.07) is 8.76. The molecule has 6 heteroatoms. The molecule has 1 aromatic carbocycles. The van der Waals surface area contributed by atoms with Gasteiger partial charge in [0.25, 0.3) is 0 Å². The number of rotatable bonds is 5. The van der Waals surface area contributed by atoms with Crippen LogP contribution in [0.4, 0.5) is 10.1 Å². The summed E-state index contributed by atoms with van der Waals surface area (Å²) >= 11 is 0. The number of nitrogens with zero attached hydrogens (tertiary/aromatic N) is 3. The van der Waals surface area contributed by atoms with Gasteiger partial charge < -0.3 is 10.2 Å². The summed E-state index contributed by atoms with van der Waals surface area (Å²) in [7, 11) is 0. The lowest BCUT2D eigenvalue weighted by Gasteiger charge is -2.36. The maximum Gasteiger partial charge on any atom is 0.235 e. The first-order valence-corrected chi connectivity index (χ1v) is 8.45. The fourth-order valence-electron chi connectivity index (χ4n) is 3.23. The molecule has 1 unspecified atom stereocenters. The summed E-state index contributed by atoms with van der Waals surface area (Å²) in [6.45, 7) is 5.29. The van der Waals surface area contributed by atoms with Crippen LogP contribution in [-0.4, -0.2) is 49.1 Å². The number of halogens is 1. The summed E-state index contributed by atoms with van der Waals surface area (Å²) in [4.78, 5) is 16.5. The fraction of sp³-hybridized carbons (Fsp3) is 0.556. The first kappa shape index (κ1) is 16.7. The minimum absolute atomic E-state index is 0.0822. The molecule has 2 fully saturated rings. The fourth-order valence-corrected chi connectivity index (χ4v) is 3.23. The first-order chi connectivity index (χ1) is 11.5. The van der Waals surface area contributed by atoms with Gasteiger partial charge in [-0.25, -0.2) is 4.39 Å². The van der Waals surface area contributed by atoms with E-state index in [4.69, 9.17) is 0 Å². The van der Waals surface area contributed by atoms with Crippen molar-refractivity contribution in [3.05, 3.63) is 30.1 Å². The SMILES string of the molecule is CC(C#N)(NC(=O)CN1CCN(c2ccc(F)cc2)CC1)C1CC1. The van der Waals surface area contributed by atoms with Gasteiger partial charge in [-0.1, -0.05) is 0 Å². The lowest BCUT2D eigenvalue weighted by molar-refractivity contribution is -0.123. The van der Waals surface area contributed by atoms with E-state index in [1.807, 2.05) is 6.92 Å². The molecule has 1 aliphatic carbocycles. The molecule has 0 radical (unpaired) electrons. The van der Waals surface area contributed by atoms with Gasteiger partial charge in [-0.05, 0) is 49.9 Å². The third kappa shape index (κ3) is 3.85. The highest BCUT2D eigenvalue weighted by molar-refractivity contribution is 5.79. The van der Waals surface area contributed by atoms with E-state index in [2.05, 4.69) is 21.2 Å². The van der Waals surface area contributed by atoms with Crippen LogP contribution in [0, 0.1) is 23.1 Å². The number of amides is 1. The molecular formula is C18H23FN4O. The van der Waals surface area contributed by atoms with E-state index in [0.717, 1.165) is 44.7 Å². The van der Waals surface area contributed by atoms with Gasteiger partial charge in [-0.2, -0.15) is 5.26 Å². The Balaban J connectivity index is 1.47. The topological polar surface area (TPSA) is 59.4 Å². The maximum absolute atomic E-state index is 13.0. The summed E-state index contributed by atoms with van der Waals surface area (Å²) in [6.07, 6.45) is 2.03. The Morgan fingerprint density at radius 2 is 1.92 bits per heavy atom. The van der Waals surface area contributed by atoms with Crippen molar-refractivity contribution in [2.45, 2.75) is 25.3 Å². The van der Waals surface area contributed by atoms with Crippen molar-refractivity contribution in [1.82, 2.24) is 10.2 Å². The van der Waals surface area contributed by atoms with Gasteiger partial charge >= 0.3 is 0 Å². The van der Waals surface area contributed by atoms with Gasteiger partial charge in [-0.15, -0.1) is 0 Å². The van der Waals surface area contributed by atoms with Crippen molar-refractivity contribution in [1.29, 1.82) is 5.26 Å². The first-order valence-electron chi connectivity index (χ1n) is 8.45. The van der Waals surface area contributed by atoms with Crippen molar-refractivity contribution in [2.75, 3.05) is 37.6 Å². The van der Waals surface area contributed by atoms with Crippen molar-refractivity contribution >= 4 is 11.6 Å². The van der Waals surface area contributed by atoms with Crippen molar-refractivity contribution < 1.29 is 9.18 Å². The van der Waals surface area contributed by atoms with Crippen molar-refractivity contribution in [3.8, 4) is 6.07 Å². The third-order valence-corrected chi connectivity index (χ3v) is 4.96. The minimum atomic E-state index is -0.729. The normalized spacial score (nSPS) is 21.0. The zero-order valence-corrected chi connectivity index (χ0v) is 14.0.